The number of nitrogens with one attached hydrogen (secondary N) is 1. The maximum atomic E-state index is 3.45. The molecule has 2 heteroatoms. The predicted octanol–water partition coefficient (Wildman–Crippen LogP) is 2.30. The second kappa shape index (κ2) is 4.49. The average molecular weight is 202 g/mol. The molecule has 0 aromatic heterocycles. The Labute approximate surface area is 91.6 Å². The summed E-state index contributed by atoms with van der Waals surface area (Å²) in [6, 6.07) is 11.1. The van der Waals surface area contributed by atoms with Crippen LogP contribution in [0.2, 0.25) is 0 Å². The normalized spacial score (nSPS) is 17.4. The third-order valence-corrected chi connectivity index (χ3v) is 2.82. The molecule has 0 atom stereocenters. The summed E-state index contributed by atoms with van der Waals surface area (Å²) in [5.74, 6) is 0. The minimum atomic E-state index is 0.603. The highest BCUT2D eigenvalue weighted by molar-refractivity contribution is 5.64. The first kappa shape index (κ1) is 10.2. The zero-order chi connectivity index (χ0) is 10.7. The van der Waals surface area contributed by atoms with Crippen LogP contribution in [0.5, 0.6) is 0 Å². The highest BCUT2D eigenvalue weighted by atomic mass is 15.2. The largest absolute Gasteiger partial charge is 0.372 e. The fourth-order valence-electron chi connectivity index (χ4n) is 1.76. The summed E-state index contributed by atoms with van der Waals surface area (Å²) in [6.45, 7) is 6.43. The van der Waals surface area contributed by atoms with Gasteiger partial charge in [-0.2, -0.15) is 0 Å². The molecule has 80 valence electrons. The molecular formula is C13H18N2. The Morgan fingerprint density at radius 3 is 2.47 bits per heavy atom. The van der Waals surface area contributed by atoms with E-state index in [2.05, 4.69) is 54.4 Å². The van der Waals surface area contributed by atoms with Crippen molar-refractivity contribution in [1.82, 2.24) is 10.2 Å². The maximum Gasteiger partial charge on any atom is 0.0683 e. The molecule has 0 saturated heterocycles. The quantitative estimate of drug-likeness (QED) is 0.791. The van der Waals surface area contributed by atoms with Gasteiger partial charge in [0.15, 0.2) is 0 Å². The molecule has 0 saturated carbocycles. The van der Waals surface area contributed by atoms with Crippen LogP contribution in [-0.2, 0) is 0 Å². The lowest BCUT2D eigenvalue weighted by atomic mass is 10.1. The fourth-order valence-corrected chi connectivity index (χ4v) is 1.76. The summed E-state index contributed by atoms with van der Waals surface area (Å²) in [5, 5.41) is 3.45. The van der Waals surface area contributed by atoms with Gasteiger partial charge < -0.3 is 5.32 Å². The number of hydrogen-bond donors (Lipinski definition) is 1. The highest BCUT2D eigenvalue weighted by Gasteiger charge is 2.13. The van der Waals surface area contributed by atoms with Gasteiger partial charge >= 0.3 is 0 Å². The van der Waals surface area contributed by atoms with E-state index >= 15 is 0 Å². The van der Waals surface area contributed by atoms with Gasteiger partial charge in [0.2, 0.25) is 0 Å². The number of rotatable bonds is 2. The third-order valence-electron chi connectivity index (χ3n) is 2.82. The Bertz CT molecular complexity index is 341. The van der Waals surface area contributed by atoms with Gasteiger partial charge in [-0.25, -0.2) is 0 Å². The van der Waals surface area contributed by atoms with E-state index < -0.39 is 0 Å². The Kier molecular flexibility index (Phi) is 3.07. The standard InChI is InChI=1S/C13H18N2/c1-11(2)15-9-8-13(14-10-15)12-6-4-3-5-7-12/h3-8,11,14H,9-10H2,1-2H3. The summed E-state index contributed by atoms with van der Waals surface area (Å²) in [7, 11) is 0. The molecule has 0 bridgehead atoms. The summed E-state index contributed by atoms with van der Waals surface area (Å²) in [5.41, 5.74) is 2.54. The Morgan fingerprint density at radius 1 is 1.20 bits per heavy atom. The number of benzene rings is 1. The highest BCUT2D eigenvalue weighted by Crippen LogP contribution is 2.14. The number of nitrogens with zero attached hydrogens (tertiary/aromatic N) is 1. The van der Waals surface area contributed by atoms with E-state index in [0.29, 0.717) is 6.04 Å². The molecule has 2 rings (SSSR count). The molecule has 0 amide bonds. The molecule has 0 radical (unpaired) electrons. The fraction of sp³-hybridized carbons (Fsp3) is 0.385. The predicted molar refractivity (Wildman–Crippen MR) is 64.3 cm³/mol. The summed E-state index contributed by atoms with van der Waals surface area (Å²) >= 11 is 0. The maximum absolute atomic E-state index is 3.45. The zero-order valence-corrected chi connectivity index (χ0v) is 9.40. The SMILES string of the molecule is CC(C)N1CC=C(c2ccccc2)NC1. The second-order valence-corrected chi connectivity index (χ2v) is 4.18. The average Bonchev–Trinajstić information content (AvgIpc) is 2.30. The minimum absolute atomic E-state index is 0.603. The third kappa shape index (κ3) is 2.39. The molecule has 1 heterocycles. The van der Waals surface area contributed by atoms with E-state index in [-0.39, 0.29) is 0 Å². The van der Waals surface area contributed by atoms with Gasteiger partial charge in [0, 0.05) is 18.3 Å². The van der Waals surface area contributed by atoms with Crippen molar-refractivity contribution in [3.05, 3.63) is 42.0 Å². The lowest BCUT2D eigenvalue weighted by Gasteiger charge is -2.30. The minimum Gasteiger partial charge on any atom is -0.372 e. The van der Waals surface area contributed by atoms with Crippen LogP contribution in [0.1, 0.15) is 19.4 Å². The molecule has 1 aromatic rings. The molecule has 0 aliphatic carbocycles. The van der Waals surface area contributed by atoms with Crippen molar-refractivity contribution in [3.8, 4) is 0 Å². The van der Waals surface area contributed by atoms with Crippen molar-refractivity contribution in [2.24, 2.45) is 0 Å². The summed E-state index contributed by atoms with van der Waals surface area (Å²) in [6.07, 6.45) is 2.26. The summed E-state index contributed by atoms with van der Waals surface area (Å²) in [4.78, 5) is 2.40. The van der Waals surface area contributed by atoms with E-state index in [0.717, 1.165) is 13.2 Å². The Hall–Kier alpha value is -1.28. The van der Waals surface area contributed by atoms with E-state index in [4.69, 9.17) is 0 Å². The molecule has 0 unspecified atom stereocenters. The molecule has 0 spiro atoms. The molecule has 1 aromatic carbocycles. The molecular weight excluding hydrogens is 184 g/mol. The van der Waals surface area contributed by atoms with Gasteiger partial charge in [-0.1, -0.05) is 30.3 Å². The van der Waals surface area contributed by atoms with Crippen molar-refractivity contribution < 1.29 is 0 Å². The first-order valence-corrected chi connectivity index (χ1v) is 5.51. The molecule has 0 fully saturated rings. The topological polar surface area (TPSA) is 15.3 Å². The molecule has 2 nitrogen and oxygen atoms in total. The van der Waals surface area contributed by atoms with Crippen molar-refractivity contribution in [3.63, 3.8) is 0 Å². The van der Waals surface area contributed by atoms with Crippen LogP contribution in [0, 0.1) is 0 Å². The molecule has 15 heavy (non-hydrogen) atoms. The van der Waals surface area contributed by atoms with Crippen molar-refractivity contribution in [2.75, 3.05) is 13.2 Å². The van der Waals surface area contributed by atoms with E-state index in [9.17, 15) is 0 Å². The van der Waals surface area contributed by atoms with E-state index in [1.165, 1.54) is 11.3 Å². The second-order valence-electron chi connectivity index (χ2n) is 4.18. The molecule has 1 N–H and O–H groups in total. The van der Waals surface area contributed by atoms with Gasteiger partial charge in [0.25, 0.3) is 0 Å². The van der Waals surface area contributed by atoms with Gasteiger partial charge in [-0.15, -0.1) is 0 Å². The first-order chi connectivity index (χ1) is 7.27. The van der Waals surface area contributed by atoms with Crippen LogP contribution < -0.4 is 5.32 Å². The van der Waals surface area contributed by atoms with Gasteiger partial charge in [-0.05, 0) is 25.5 Å². The zero-order valence-electron chi connectivity index (χ0n) is 9.40. The van der Waals surface area contributed by atoms with Gasteiger partial charge in [0.1, 0.15) is 0 Å². The summed E-state index contributed by atoms with van der Waals surface area (Å²) < 4.78 is 0. The van der Waals surface area contributed by atoms with Crippen LogP contribution >= 0.6 is 0 Å². The van der Waals surface area contributed by atoms with Gasteiger partial charge in [0.05, 0.1) is 6.67 Å². The van der Waals surface area contributed by atoms with E-state index in [1.807, 2.05) is 6.07 Å². The smallest absolute Gasteiger partial charge is 0.0683 e. The molecule has 1 aliphatic heterocycles. The lowest BCUT2D eigenvalue weighted by molar-refractivity contribution is 0.231. The van der Waals surface area contributed by atoms with Crippen molar-refractivity contribution in [2.45, 2.75) is 19.9 Å². The van der Waals surface area contributed by atoms with Gasteiger partial charge in [-0.3, -0.25) is 4.90 Å². The van der Waals surface area contributed by atoms with Crippen LogP contribution in [0.15, 0.2) is 36.4 Å². The van der Waals surface area contributed by atoms with Crippen LogP contribution in [-0.4, -0.2) is 24.2 Å². The van der Waals surface area contributed by atoms with Crippen LogP contribution in [0.25, 0.3) is 5.70 Å². The Morgan fingerprint density at radius 2 is 1.93 bits per heavy atom. The number of hydrogen-bond acceptors (Lipinski definition) is 2. The Balaban J connectivity index is 2.09. The van der Waals surface area contributed by atoms with Crippen LogP contribution in [0.3, 0.4) is 0 Å². The lowest BCUT2D eigenvalue weighted by Crippen LogP contribution is -2.41. The monoisotopic (exact) mass is 202 g/mol. The van der Waals surface area contributed by atoms with Crippen LogP contribution in [0.4, 0.5) is 0 Å². The molecule has 1 aliphatic rings. The first-order valence-electron chi connectivity index (χ1n) is 5.51. The van der Waals surface area contributed by atoms with Crippen molar-refractivity contribution >= 4 is 5.70 Å². The van der Waals surface area contributed by atoms with Crippen molar-refractivity contribution in [1.29, 1.82) is 0 Å². The van der Waals surface area contributed by atoms with E-state index in [1.54, 1.807) is 0 Å².